The molecule has 3 aromatic carbocycles. The topological polar surface area (TPSA) is 138 Å². The number of allylic oxidation sites excluding steroid dienone is 5. The fraction of sp³-hybridized carbons (Fsp3) is 0.148. The van der Waals surface area contributed by atoms with Gasteiger partial charge in [0.15, 0.2) is 5.71 Å². The smallest absolute Gasteiger partial charge is 0.294 e. The van der Waals surface area contributed by atoms with E-state index in [2.05, 4.69) is 0 Å². The summed E-state index contributed by atoms with van der Waals surface area (Å²) in [5, 5.41) is 11.6. The second-order valence-electron chi connectivity index (χ2n) is 9.17. The molecule has 0 fully saturated rings. The summed E-state index contributed by atoms with van der Waals surface area (Å²) in [6, 6.07) is 11.7. The minimum absolute atomic E-state index is 0.0577. The van der Waals surface area contributed by atoms with E-state index in [-0.39, 0.29) is 16.3 Å². The van der Waals surface area contributed by atoms with Crippen LogP contribution < -0.4 is 4.90 Å². The molecule has 0 saturated carbocycles. The molecule has 0 radical (unpaired) electrons. The van der Waals surface area contributed by atoms with Crippen molar-refractivity contribution < 1.29 is 35.6 Å². The Morgan fingerprint density at radius 3 is 2.00 bits per heavy atom. The lowest BCUT2D eigenvalue weighted by Crippen LogP contribution is -2.10. The summed E-state index contributed by atoms with van der Waals surface area (Å²) in [6.07, 6.45) is 7.22. The summed E-state index contributed by atoms with van der Waals surface area (Å²) in [7, 11) is -2.25. The highest BCUT2D eigenvalue weighted by atomic mass is 32.2. The van der Waals surface area contributed by atoms with Gasteiger partial charge in [-0.1, -0.05) is 18.2 Å². The summed E-state index contributed by atoms with van der Waals surface area (Å²) in [6.45, 7) is 0. The molecule has 11 heteroatoms. The summed E-state index contributed by atoms with van der Waals surface area (Å²) >= 11 is 0. The van der Waals surface area contributed by atoms with E-state index in [4.69, 9.17) is 0 Å². The molecule has 9 nitrogen and oxygen atoms in total. The van der Waals surface area contributed by atoms with Gasteiger partial charge in [0, 0.05) is 43.1 Å². The first kappa shape index (κ1) is 27.3. The minimum atomic E-state index is -5.11. The standard InChI is InChI=1S/C27H26N2O7S2/c1-28(2)20-10-5-17(6-11-20)25(18-7-12-21(13-8-18)29(3)4)26-23-16-22(37(31,32)33)14-9-19(23)15-24(27(26)30)38(34,35)36/h5-16H,1-4H3,(H2,31,32,33,34,35,36). The van der Waals surface area contributed by atoms with Crippen molar-refractivity contribution in [2.45, 2.75) is 9.79 Å². The largest absolute Gasteiger partial charge is 0.744 e. The van der Waals surface area contributed by atoms with Gasteiger partial charge in [-0.05, 0) is 64.4 Å². The highest BCUT2D eigenvalue weighted by molar-refractivity contribution is 7.86. The van der Waals surface area contributed by atoms with E-state index >= 15 is 0 Å². The quantitative estimate of drug-likeness (QED) is 0.362. The molecule has 38 heavy (non-hydrogen) atoms. The van der Waals surface area contributed by atoms with Crippen molar-refractivity contribution in [3.05, 3.63) is 89.5 Å². The number of anilines is 1. The van der Waals surface area contributed by atoms with Crippen LogP contribution in [-0.4, -0.2) is 69.5 Å². The average Bonchev–Trinajstić information content (AvgIpc) is 2.84. The number of hydrogen-bond donors (Lipinski definition) is 2. The molecule has 0 atom stereocenters. The van der Waals surface area contributed by atoms with Gasteiger partial charge in [0.2, 0.25) is 0 Å². The molecular formula is C27H26N2O7S2. The van der Waals surface area contributed by atoms with Gasteiger partial charge in [0.1, 0.15) is 30.0 Å². The van der Waals surface area contributed by atoms with Gasteiger partial charge in [-0.15, -0.1) is 0 Å². The number of phenols is 1. The van der Waals surface area contributed by atoms with Crippen LogP contribution in [0.1, 0.15) is 11.1 Å². The molecule has 0 aromatic heterocycles. The molecule has 1 aliphatic carbocycles. The second kappa shape index (κ2) is 9.84. The molecule has 0 spiro atoms. The van der Waals surface area contributed by atoms with Gasteiger partial charge < -0.3 is 14.6 Å². The molecule has 0 unspecified atom stereocenters. The van der Waals surface area contributed by atoms with E-state index in [1.807, 2.05) is 62.0 Å². The van der Waals surface area contributed by atoms with E-state index in [0.29, 0.717) is 16.7 Å². The van der Waals surface area contributed by atoms with Gasteiger partial charge in [-0.3, -0.25) is 4.55 Å². The Labute approximate surface area is 221 Å². The predicted octanol–water partition coefficient (Wildman–Crippen LogP) is 3.40. The molecule has 0 saturated heterocycles. The molecule has 0 bridgehead atoms. The average molecular weight is 555 g/mol. The van der Waals surface area contributed by atoms with Crippen LogP contribution in [0.5, 0.6) is 5.75 Å². The zero-order valence-corrected chi connectivity index (χ0v) is 22.7. The zero-order chi connectivity index (χ0) is 28.0. The normalized spacial score (nSPS) is 13.7. The Kier molecular flexibility index (Phi) is 7.06. The molecule has 0 amide bonds. The minimum Gasteiger partial charge on any atom is -0.744 e. The summed E-state index contributed by atoms with van der Waals surface area (Å²) in [4.78, 5) is 0.603. The number of nitrogens with zero attached hydrogens (tertiary/aromatic N) is 2. The zero-order valence-electron chi connectivity index (χ0n) is 21.1. The van der Waals surface area contributed by atoms with Crippen molar-refractivity contribution in [1.29, 1.82) is 0 Å². The Bertz CT molecular complexity index is 1780. The Morgan fingerprint density at radius 1 is 0.895 bits per heavy atom. The second-order valence-corrected chi connectivity index (χ2v) is 11.9. The van der Waals surface area contributed by atoms with E-state index in [9.17, 15) is 31.0 Å². The number of aromatic hydroxyl groups is 1. The van der Waals surface area contributed by atoms with Crippen LogP contribution in [0.25, 0.3) is 16.3 Å². The lowest BCUT2D eigenvalue weighted by atomic mass is 9.87. The maximum absolute atomic E-state index is 12.1. The molecule has 3 aromatic rings. The van der Waals surface area contributed by atoms with Crippen molar-refractivity contribution >= 4 is 48.0 Å². The van der Waals surface area contributed by atoms with Crippen LogP contribution in [0, 0.1) is 0 Å². The molecule has 4 rings (SSSR count). The summed E-state index contributed by atoms with van der Waals surface area (Å²) in [5.74, 6) is -0.816. The van der Waals surface area contributed by atoms with Crippen LogP contribution in [0.15, 0.2) is 88.2 Å². The molecule has 198 valence electrons. The molecule has 2 N–H and O–H groups in total. The van der Waals surface area contributed by atoms with E-state index < -0.39 is 35.8 Å². The van der Waals surface area contributed by atoms with Gasteiger partial charge in [-0.25, -0.2) is 13.0 Å². The SMILES string of the molecule is CN(C)c1ccc(C(=C2C=CC(=[N+](C)C)C=C2)c2c(O)c(S(=O)(=O)[O-])cc3ccc(S(=O)(=O)O)cc23)cc1. The van der Waals surface area contributed by atoms with Crippen molar-refractivity contribution in [3.63, 3.8) is 0 Å². The van der Waals surface area contributed by atoms with Gasteiger partial charge in [0.25, 0.3) is 10.1 Å². The molecule has 0 heterocycles. The lowest BCUT2D eigenvalue weighted by molar-refractivity contribution is -0.462. The maximum Gasteiger partial charge on any atom is 0.294 e. The van der Waals surface area contributed by atoms with E-state index in [0.717, 1.165) is 29.6 Å². The van der Waals surface area contributed by atoms with Crippen LogP contribution >= 0.6 is 0 Å². The monoisotopic (exact) mass is 554 g/mol. The first-order valence-corrected chi connectivity index (χ1v) is 14.2. The highest BCUT2D eigenvalue weighted by Gasteiger charge is 2.24. The van der Waals surface area contributed by atoms with E-state index in [1.165, 1.54) is 6.07 Å². The third-order valence-corrected chi connectivity index (χ3v) is 7.91. The molecular weight excluding hydrogens is 528 g/mol. The Morgan fingerprint density at radius 2 is 1.50 bits per heavy atom. The first-order chi connectivity index (χ1) is 17.7. The third-order valence-electron chi connectivity index (χ3n) is 6.21. The number of hydrogen-bond acceptors (Lipinski definition) is 7. The van der Waals surface area contributed by atoms with Crippen molar-refractivity contribution in [3.8, 4) is 5.75 Å². The van der Waals surface area contributed by atoms with Crippen molar-refractivity contribution in [2.24, 2.45) is 0 Å². The third kappa shape index (κ3) is 5.27. The van der Waals surface area contributed by atoms with Gasteiger partial charge >= 0.3 is 0 Å². The number of benzene rings is 3. The molecule has 1 aliphatic rings. The van der Waals surface area contributed by atoms with Crippen LogP contribution in [0.3, 0.4) is 0 Å². The summed E-state index contributed by atoms with van der Waals surface area (Å²) < 4.78 is 71.9. The fourth-order valence-corrected chi connectivity index (χ4v) is 5.37. The highest BCUT2D eigenvalue weighted by Crippen LogP contribution is 2.43. The number of rotatable bonds is 5. The van der Waals surface area contributed by atoms with Crippen LogP contribution in [0.4, 0.5) is 5.69 Å². The van der Waals surface area contributed by atoms with Crippen molar-refractivity contribution in [2.75, 3.05) is 33.1 Å². The van der Waals surface area contributed by atoms with E-state index in [1.54, 1.807) is 24.3 Å². The van der Waals surface area contributed by atoms with Crippen LogP contribution in [-0.2, 0) is 20.2 Å². The first-order valence-electron chi connectivity index (χ1n) is 11.3. The van der Waals surface area contributed by atoms with Gasteiger partial charge in [-0.2, -0.15) is 8.42 Å². The predicted molar refractivity (Wildman–Crippen MR) is 146 cm³/mol. The Balaban J connectivity index is 2.20. The molecule has 0 aliphatic heterocycles. The van der Waals surface area contributed by atoms with Crippen LogP contribution in [0.2, 0.25) is 0 Å². The summed E-state index contributed by atoms with van der Waals surface area (Å²) in [5.41, 5.74) is 3.22. The number of fused-ring (bicyclic) bond motifs is 1. The Hall–Kier alpha value is -3.77. The van der Waals surface area contributed by atoms with Gasteiger partial charge in [0.05, 0.1) is 9.79 Å². The number of phenolic OH excluding ortho intramolecular Hbond substituents is 1. The van der Waals surface area contributed by atoms with Crippen molar-refractivity contribution in [1.82, 2.24) is 0 Å². The lowest BCUT2D eigenvalue weighted by Gasteiger charge is -2.21. The maximum atomic E-state index is 12.1. The fourth-order valence-electron chi connectivity index (χ4n) is 4.25.